The van der Waals surface area contributed by atoms with Crippen LogP contribution in [0.25, 0.3) is 0 Å². The molecule has 326 valence electrons. The number of unbranched alkanes of at least 4 members (excludes halogenated alkanes) is 19. The standard InChI is InChI=1S/C53H90O4/c1-3-5-7-9-11-13-15-17-19-21-23-25-27-28-30-32-34-36-38-40-42-44-46-48-53(55)57-52(50-54)51-56-49-47-45-43-41-39-37-35-33-31-29-26-24-22-20-18-16-14-12-10-8-6-4-2/h5,7,11,13,17,19,22-25,28,30,34,36,40,42,52,54H,3-4,6,8-10,12,14-16,18,20-21,26-27,29,31-33,35,37-39,41,43-51H2,1-2H3/b7-5-,13-11-,19-17-,24-22-,25-23-,30-28-,36-34-,42-40-. The normalized spacial score (nSPS) is 13.2. The number of hydrogen-bond donors (Lipinski definition) is 1. The van der Waals surface area contributed by atoms with Crippen molar-refractivity contribution >= 4 is 5.97 Å². The molecule has 1 N–H and O–H groups in total. The SMILES string of the molecule is CC/C=C\C/C=C\C/C=C\C/C=C\C/C=C\C/C=C\C/C=C\CCCC(=O)OC(CO)COCCCCCCCCCCCC/C=C\CCCCCCCCCC. The number of ether oxygens (including phenoxy) is 2. The van der Waals surface area contributed by atoms with Crippen LogP contribution in [0.4, 0.5) is 0 Å². The Morgan fingerprint density at radius 1 is 0.439 bits per heavy atom. The molecule has 0 fully saturated rings. The predicted octanol–water partition coefficient (Wildman–Crippen LogP) is 16.1. The molecule has 0 aromatic heterocycles. The van der Waals surface area contributed by atoms with Crippen LogP contribution in [0.1, 0.15) is 206 Å². The van der Waals surface area contributed by atoms with E-state index in [0.717, 1.165) is 64.2 Å². The van der Waals surface area contributed by atoms with Crippen LogP contribution in [0.15, 0.2) is 97.2 Å². The lowest BCUT2D eigenvalue weighted by molar-refractivity contribution is -0.154. The summed E-state index contributed by atoms with van der Waals surface area (Å²) in [6.07, 6.45) is 70.6. The van der Waals surface area contributed by atoms with E-state index in [-0.39, 0.29) is 19.2 Å². The van der Waals surface area contributed by atoms with E-state index in [9.17, 15) is 9.90 Å². The zero-order chi connectivity index (χ0) is 41.2. The minimum absolute atomic E-state index is 0.201. The van der Waals surface area contributed by atoms with Gasteiger partial charge in [-0.15, -0.1) is 0 Å². The number of allylic oxidation sites excluding steroid dienone is 16. The molecule has 0 aromatic carbocycles. The molecule has 0 spiro atoms. The Hall–Kier alpha value is -2.69. The van der Waals surface area contributed by atoms with Gasteiger partial charge in [-0.2, -0.15) is 0 Å². The Labute approximate surface area is 353 Å². The van der Waals surface area contributed by atoms with E-state index in [2.05, 4.69) is 111 Å². The molecule has 4 heteroatoms. The van der Waals surface area contributed by atoms with Gasteiger partial charge in [0, 0.05) is 13.0 Å². The lowest BCUT2D eigenvalue weighted by atomic mass is 10.1. The van der Waals surface area contributed by atoms with Crippen molar-refractivity contribution in [3.8, 4) is 0 Å². The van der Waals surface area contributed by atoms with Gasteiger partial charge in [0.1, 0.15) is 6.10 Å². The van der Waals surface area contributed by atoms with Gasteiger partial charge >= 0.3 is 5.97 Å². The molecule has 57 heavy (non-hydrogen) atoms. The van der Waals surface area contributed by atoms with Crippen LogP contribution < -0.4 is 0 Å². The third kappa shape index (κ3) is 47.6. The molecule has 0 heterocycles. The van der Waals surface area contributed by atoms with Crippen LogP contribution in [-0.2, 0) is 14.3 Å². The number of esters is 1. The zero-order valence-corrected chi connectivity index (χ0v) is 37.3. The number of aliphatic hydroxyl groups excluding tert-OH is 1. The summed E-state index contributed by atoms with van der Waals surface area (Å²) < 4.78 is 11.1. The summed E-state index contributed by atoms with van der Waals surface area (Å²) in [5.41, 5.74) is 0. The van der Waals surface area contributed by atoms with Crippen molar-refractivity contribution < 1.29 is 19.4 Å². The summed E-state index contributed by atoms with van der Waals surface area (Å²) >= 11 is 0. The fourth-order valence-corrected chi connectivity index (χ4v) is 6.37. The van der Waals surface area contributed by atoms with Gasteiger partial charge in [0.05, 0.1) is 13.2 Å². The molecule has 0 aliphatic carbocycles. The summed E-state index contributed by atoms with van der Waals surface area (Å²) in [6, 6.07) is 0. The summed E-state index contributed by atoms with van der Waals surface area (Å²) in [6.45, 7) is 5.17. The minimum atomic E-state index is -0.572. The summed E-state index contributed by atoms with van der Waals surface area (Å²) in [4.78, 5) is 12.2. The van der Waals surface area contributed by atoms with Crippen LogP contribution in [-0.4, -0.2) is 37.0 Å². The van der Waals surface area contributed by atoms with E-state index in [1.807, 2.05) is 0 Å². The molecular weight excluding hydrogens is 701 g/mol. The van der Waals surface area contributed by atoms with Crippen LogP contribution >= 0.6 is 0 Å². The van der Waals surface area contributed by atoms with Crippen molar-refractivity contribution in [2.24, 2.45) is 0 Å². The number of aliphatic hydroxyl groups is 1. The van der Waals surface area contributed by atoms with Crippen molar-refractivity contribution in [1.82, 2.24) is 0 Å². The first-order valence-corrected chi connectivity index (χ1v) is 23.8. The van der Waals surface area contributed by atoms with E-state index < -0.39 is 6.10 Å². The van der Waals surface area contributed by atoms with Crippen molar-refractivity contribution in [2.45, 2.75) is 213 Å². The van der Waals surface area contributed by atoms with Gasteiger partial charge in [0.25, 0.3) is 0 Å². The van der Waals surface area contributed by atoms with Crippen molar-refractivity contribution in [2.75, 3.05) is 19.8 Å². The molecular formula is C53H90O4. The van der Waals surface area contributed by atoms with Gasteiger partial charge in [-0.25, -0.2) is 0 Å². The Morgan fingerprint density at radius 2 is 0.789 bits per heavy atom. The quantitative estimate of drug-likeness (QED) is 0.0380. The number of carbonyl (C=O) groups excluding carboxylic acids is 1. The molecule has 0 amide bonds. The predicted molar refractivity (Wildman–Crippen MR) is 251 cm³/mol. The fourth-order valence-electron chi connectivity index (χ4n) is 6.37. The molecule has 0 rings (SSSR count). The lowest BCUT2D eigenvalue weighted by Gasteiger charge is -2.15. The highest BCUT2D eigenvalue weighted by atomic mass is 16.6. The van der Waals surface area contributed by atoms with Crippen molar-refractivity contribution in [1.29, 1.82) is 0 Å². The first-order chi connectivity index (χ1) is 28.2. The maximum Gasteiger partial charge on any atom is 0.306 e. The maximum absolute atomic E-state index is 12.2. The fraction of sp³-hybridized carbons (Fsp3) is 0.679. The Balaban J connectivity index is 3.56. The summed E-state index contributed by atoms with van der Waals surface area (Å²) in [5, 5.41) is 9.62. The van der Waals surface area contributed by atoms with E-state index >= 15 is 0 Å². The van der Waals surface area contributed by atoms with Crippen LogP contribution in [0.5, 0.6) is 0 Å². The first kappa shape index (κ1) is 54.3. The number of carbonyl (C=O) groups is 1. The van der Waals surface area contributed by atoms with Gasteiger partial charge in [-0.1, -0.05) is 207 Å². The van der Waals surface area contributed by atoms with E-state index in [1.54, 1.807) is 0 Å². The van der Waals surface area contributed by atoms with Crippen molar-refractivity contribution in [3.63, 3.8) is 0 Å². The third-order valence-corrected chi connectivity index (χ3v) is 9.89. The number of hydrogen-bond acceptors (Lipinski definition) is 4. The molecule has 0 radical (unpaired) electrons. The van der Waals surface area contributed by atoms with Crippen LogP contribution in [0.2, 0.25) is 0 Å². The van der Waals surface area contributed by atoms with Crippen molar-refractivity contribution in [3.05, 3.63) is 97.2 Å². The Kier molecular flexibility index (Phi) is 47.1. The lowest BCUT2D eigenvalue weighted by Crippen LogP contribution is -2.27. The highest BCUT2D eigenvalue weighted by molar-refractivity contribution is 5.69. The monoisotopic (exact) mass is 791 g/mol. The Bertz CT molecular complexity index is 1060. The first-order valence-electron chi connectivity index (χ1n) is 23.8. The van der Waals surface area contributed by atoms with Gasteiger partial charge in [-0.05, 0) is 89.9 Å². The molecule has 0 saturated heterocycles. The topological polar surface area (TPSA) is 55.8 Å². The van der Waals surface area contributed by atoms with Crippen LogP contribution in [0.3, 0.4) is 0 Å². The van der Waals surface area contributed by atoms with E-state index in [1.165, 1.54) is 122 Å². The zero-order valence-electron chi connectivity index (χ0n) is 37.3. The molecule has 0 aromatic rings. The maximum atomic E-state index is 12.2. The van der Waals surface area contributed by atoms with Gasteiger partial charge < -0.3 is 14.6 Å². The molecule has 0 aliphatic heterocycles. The van der Waals surface area contributed by atoms with Gasteiger partial charge in [0.15, 0.2) is 0 Å². The second-order valence-corrected chi connectivity index (χ2v) is 15.4. The van der Waals surface area contributed by atoms with Gasteiger partial charge in [0.2, 0.25) is 0 Å². The number of rotatable bonds is 43. The highest BCUT2D eigenvalue weighted by Gasteiger charge is 2.13. The molecule has 0 bridgehead atoms. The third-order valence-electron chi connectivity index (χ3n) is 9.89. The average molecular weight is 791 g/mol. The molecule has 1 unspecified atom stereocenters. The minimum Gasteiger partial charge on any atom is -0.457 e. The summed E-state index contributed by atoms with van der Waals surface area (Å²) in [5.74, 6) is -0.260. The molecule has 4 nitrogen and oxygen atoms in total. The van der Waals surface area contributed by atoms with Crippen LogP contribution in [0, 0.1) is 0 Å². The largest absolute Gasteiger partial charge is 0.457 e. The van der Waals surface area contributed by atoms with E-state index in [4.69, 9.17) is 9.47 Å². The van der Waals surface area contributed by atoms with Gasteiger partial charge in [-0.3, -0.25) is 4.79 Å². The summed E-state index contributed by atoms with van der Waals surface area (Å²) in [7, 11) is 0. The smallest absolute Gasteiger partial charge is 0.306 e. The highest BCUT2D eigenvalue weighted by Crippen LogP contribution is 2.13. The molecule has 0 aliphatic rings. The average Bonchev–Trinajstić information content (AvgIpc) is 3.22. The Morgan fingerprint density at radius 3 is 1.21 bits per heavy atom. The van der Waals surface area contributed by atoms with E-state index in [0.29, 0.717) is 13.0 Å². The molecule has 1 atom stereocenters. The molecule has 0 saturated carbocycles. The second-order valence-electron chi connectivity index (χ2n) is 15.4. The second kappa shape index (κ2) is 49.5.